The molecule has 0 radical (unpaired) electrons. The molecule has 0 N–H and O–H groups in total. The van der Waals surface area contributed by atoms with Crippen LogP contribution in [0.4, 0.5) is 0 Å². The van der Waals surface area contributed by atoms with Crippen LogP contribution in [0.2, 0.25) is 0 Å². The summed E-state index contributed by atoms with van der Waals surface area (Å²) in [7, 11) is 1.47. The standard InChI is InChI=1S/C15H15N3O3/c1-15(2,10-17)18(3)13(19)9-21-14(20)12-6-4-11(8-16)5-7-12/h4-7H,9H2,1-3H3. The summed E-state index contributed by atoms with van der Waals surface area (Å²) in [6, 6.07) is 9.81. The van der Waals surface area contributed by atoms with E-state index in [-0.39, 0.29) is 5.56 Å². The zero-order valence-corrected chi connectivity index (χ0v) is 12.1. The van der Waals surface area contributed by atoms with Crippen LogP contribution in [-0.4, -0.2) is 36.0 Å². The number of benzene rings is 1. The number of carbonyl (C=O) groups excluding carboxylic acids is 2. The van der Waals surface area contributed by atoms with Crippen molar-refractivity contribution in [2.45, 2.75) is 19.4 Å². The predicted molar refractivity (Wildman–Crippen MR) is 73.9 cm³/mol. The maximum Gasteiger partial charge on any atom is 0.338 e. The number of nitrogens with zero attached hydrogens (tertiary/aromatic N) is 3. The van der Waals surface area contributed by atoms with Crippen LogP contribution in [0.1, 0.15) is 29.8 Å². The Balaban J connectivity index is 2.63. The maximum absolute atomic E-state index is 11.8. The second kappa shape index (κ2) is 6.53. The van der Waals surface area contributed by atoms with E-state index in [2.05, 4.69) is 0 Å². The van der Waals surface area contributed by atoms with Crippen molar-refractivity contribution in [1.82, 2.24) is 4.90 Å². The summed E-state index contributed by atoms with van der Waals surface area (Å²) in [6.07, 6.45) is 0. The minimum Gasteiger partial charge on any atom is -0.452 e. The lowest BCUT2D eigenvalue weighted by molar-refractivity contribution is -0.136. The second-order valence-electron chi connectivity index (χ2n) is 4.89. The van der Waals surface area contributed by atoms with Crippen LogP contribution in [-0.2, 0) is 9.53 Å². The molecule has 1 rings (SSSR count). The number of likely N-dealkylation sites (N-methyl/N-ethyl adjacent to an activating group) is 1. The molecule has 0 saturated carbocycles. The van der Waals surface area contributed by atoms with Crippen LogP contribution < -0.4 is 0 Å². The molecular formula is C15H15N3O3. The van der Waals surface area contributed by atoms with Gasteiger partial charge in [0.15, 0.2) is 6.61 Å². The fraction of sp³-hybridized carbons (Fsp3) is 0.333. The lowest BCUT2D eigenvalue weighted by atomic mass is 10.1. The van der Waals surface area contributed by atoms with Crippen LogP contribution in [0.5, 0.6) is 0 Å². The number of amides is 1. The number of esters is 1. The number of hydrogen-bond acceptors (Lipinski definition) is 5. The molecule has 108 valence electrons. The Hall–Kier alpha value is -2.86. The molecule has 0 fully saturated rings. The van der Waals surface area contributed by atoms with Crippen molar-refractivity contribution in [2.75, 3.05) is 13.7 Å². The average molecular weight is 285 g/mol. The van der Waals surface area contributed by atoms with E-state index < -0.39 is 24.0 Å². The number of nitriles is 2. The summed E-state index contributed by atoms with van der Waals surface area (Å²) >= 11 is 0. The first-order valence-electron chi connectivity index (χ1n) is 6.17. The van der Waals surface area contributed by atoms with Crippen molar-refractivity contribution in [3.05, 3.63) is 35.4 Å². The number of hydrogen-bond donors (Lipinski definition) is 0. The number of carbonyl (C=O) groups is 2. The molecule has 0 heterocycles. The minimum atomic E-state index is -0.974. The van der Waals surface area contributed by atoms with E-state index in [1.54, 1.807) is 13.8 Å². The summed E-state index contributed by atoms with van der Waals surface area (Å²) < 4.78 is 4.90. The summed E-state index contributed by atoms with van der Waals surface area (Å²) in [5.74, 6) is -1.13. The molecule has 1 amide bonds. The van der Waals surface area contributed by atoms with E-state index in [4.69, 9.17) is 15.3 Å². The SMILES string of the molecule is CN(C(=O)COC(=O)c1ccc(C#N)cc1)C(C)(C)C#N. The monoisotopic (exact) mass is 285 g/mol. The molecule has 6 heteroatoms. The van der Waals surface area contributed by atoms with Gasteiger partial charge in [0.05, 0.1) is 23.3 Å². The molecule has 0 aliphatic rings. The highest BCUT2D eigenvalue weighted by Gasteiger charge is 2.27. The van der Waals surface area contributed by atoms with Crippen molar-refractivity contribution in [1.29, 1.82) is 10.5 Å². The van der Waals surface area contributed by atoms with E-state index in [9.17, 15) is 9.59 Å². The Labute approximate surface area is 123 Å². The van der Waals surface area contributed by atoms with Gasteiger partial charge in [-0.2, -0.15) is 10.5 Å². The van der Waals surface area contributed by atoms with E-state index in [1.165, 1.54) is 36.2 Å². The Kier molecular flexibility index (Phi) is 5.04. The van der Waals surface area contributed by atoms with E-state index in [0.717, 1.165) is 0 Å². The van der Waals surface area contributed by atoms with Gasteiger partial charge in [0.1, 0.15) is 5.54 Å². The fourth-order valence-corrected chi connectivity index (χ4v) is 1.38. The average Bonchev–Trinajstić information content (AvgIpc) is 2.51. The lowest BCUT2D eigenvalue weighted by Gasteiger charge is -2.28. The Bertz CT molecular complexity index is 621. The Morgan fingerprint density at radius 1 is 1.24 bits per heavy atom. The molecule has 0 atom stereocenters. The smallest absolute Gasteiger partial charge is 0.338 e. The van der Waals surface area contributed by atoms with E-state index in [0.29, 0.717) is 5.56 Å². The molecule has 0 saturated heterocycles. The van der Waals surface area contributed by atoms with Gasteiger partial charge in [-0.25, -0.2) is 4.79 Å². The van der Waals surface area contributed by atoms with Crippen molar-refractivity contribution in [3.8, 4) is 12.1 Å². The summed E-state index contributed by atoms with van der Waals surface area (Å²) in [6.45, 7) is 2.74. The highest BCUT2D eigenvalue weighted by Crippen LogP contribution is 2.11. The fourth-order valence-electron chi connectivity index (χ4n) is 1.38. The molecule has 1 aromatic carbocycles. The quantitative estimate of drug-likeness (QED) is 0.781. The molecule has 6 nitrogen and oxygen atoms in total. The number of ether oxygens (including phenoxy) is 1. The minimum absolute atomic E-state index is 0.254. The Morgan fingerprint density at radius 3 is 2.29 bits per heavy atom. The summed E-state index contributed by atoms with van der Waals surface area (Å²) in [4.78, 5) is 24.8. The van der Waals surface area contributed by atoms with Gasteiger partial charge < -0.3 is 9.64 Å². The molecule has 0 unspecified atom stereocenters. The molecule has 0 spiro atoms. The highest BCUT2D eigenvalue weighted by molar-refractivity contribution is 5.91. The van der Waals surface area contributed by atoms with Gasteiger partial charge in [0.25, 0.3) is 5.91 Å². The predicted octanol–water partition coefficient (Wildman–Crippen LogP) is 1.48. The largest absolute Gasteiger partial charge is 0.452 e. The van der Waals surface area contributed by atoms with Crippen LogP contribution in [0, 0.1) is 22.7 Å². The second-order valence-corrected chi connectivity index (χ2v) is 4.89. The first-order chi connectivity index (χ1) is 9.81. The van der Waals surface area contributed by atoms with Crippen molar-refractivity contribution < 1.29 is 14.3 Å². The van der Waals surface area contributed by atoms with Gasteiger partial charge in [0.2, 0.25) is 0 Å². The number of rotatable bonds is 4. The summed E-state index contributed by atoms with van der Waals surface area (Å²) in [5, 5.41) is 17.6. The van der Waals surface area contributed by atoms with Gasteiger partial charge in [-0.1, -0.05) is 0 Å². The third-order valence-electron chi connectivity index (χ3n) is 3.06. The van der Waals surface area contributed by atoms with Crippen molar-refractivity contribution in [3.63, 3.8) is 0 Å². The van der Waals surface area contributed by atoms with Gasteiger partial charge in [-0.3, -0.25) is 4.79 Å². The zero-order chi connectivity index (χ0) is 16.0. The topological polar surface area (TPSA) is 94.2 Å². The van der Waals surface area contributed by atoms with Crippen LogP contribution in [0.3, 0.4) is 0 Å². The van der Waals surface area contributed by atoms with Crippen LogP contribution in [0.15, 0.2) is 24.3 Å². The van der Waals surface area contributed by atoms with Gasteiger partial charge in [-0.05, 0) is 38.1 Å². The van der Waals surface area contributed by atoms with Gasteiger partial charge >= 0.3 is 5.97 Å². The molecule has 0 aliphatic carbocycles. The first kappa shape index (κ1) is 16.2. The zero-order valence-electron chi connectivity index (χ0n) is 12.1. The molecule has 0 bridgehead atoms. The third-order valence-corrected chi connectivity index (χ3v) is 3.06. The van der Waals surface area contributed by atoms with Gasteiger partial charge in [0, 0.05) is 7.05 Å². The van der Waals surface area contributed by atoms with Crippen LogP contribution >= 0.6 is 0 Å². The highest BCUT2D eigenvalue weighted by atomic mass is 16.5. The van der Waals surface area contributed by atoms with E-state index in [1.807, 2.05) is 12.1 Å². The Morgan fingerprint density at radius 2 is 1.81 bits per heavy atom. The normalized spacial score (nSPS) is 10.1. The van der Waals surface area contributed by atoms with E-state index >= 15 is 0 Å². The molecular weight excluding hydrogens is 270 g/mol. The summed E-state index contributed by atoms with van der Waals surface area (Å²) in [5.41, 5.74) is -0.292. The molecule has 1 aromatic rings. The van der Waals surface area contributed by atoms with Crippen molar-refractivity contribution in [2.24, 2.45) is 0 Å². The molecule has 0 aliphatic heterocycles. The maximum atomic E-state index is 11.8. The first-order valence-corrected chi connectivity index (χ1v) is 6.17. The van der Waals surface area contributed by atoms with Crippen LogP contribution in [0.25, 0.3) is 0 Å². The molecule has 0 aromatic heterocycles. The molecule has 21 heavy (non-hydrogen) atoms. The van der Waals surface area contributed by atoms with Gasteiger partial charge in [-0.15, -0.1) is 0 Å². The lowest BCUT2D eigenvalue weighted by Crippen LogP contribution is -2.45. The third kappa shape index (κ3) is 4.05. The van der Waals surface area contributed by atoms with Crippen molar-refractivity contribution >= 4 is 11.9 Å².